The van der Waals surface area contributed by atoms with Crippen LogP contribution in [0.3, 0.4) is 0 Å². The van der Waals surface area contributed by atoms with Gasteiger partial charge in [0, 0.05) is 19.3 Å². The highest BCUT2D eigenvalue weighted by Crippen LogP contribution is 2.43. The largest absolute Gasteiger partial charge is 0.472 e. The number of carbonyl (C=O) groups is 3. The summed E-state index contributed by atoms with van der Waals surface area (Å²) < 4.78 is 39.4. The van der Waals surface area contributed by atoms with Gasteiger partial charge < -0.3 is 24.2 Å². The fraction of sp³-hybridized carbons (Fsp3) is 0.944. The first-order chi connectivity index (χ1) is 32.2. The molecule has 0 bridgehead atoms. The van der Waals surface area contributed by atoms with Crippen LogP contribution in [-0.4, -0.2) is 66.5 Å². The molecule has 392 valence electrons. The number of aliphatic hydroxyl groups is 1. The number of carbonyl (C=O) groups excluding carboxylic acids is 3. The molecule has 0 rings (SSSR count). The third-order valence-corrected chi connectivity index (χ3v) is 13.5. The van der Waals surface area contributed by atoms with E-state index < -0.39 is 57.8 Å². The molecule has 0 amide bonds. The second-order valence-electron chi connectivity index (χ2n) is 19.1. The molecule has 0 saturated heterocycles. The molecule has 2 N–H and O–H groups in total. The average molecular weight is 961 g/mol. The maximum Gasteiger partial charge on any atom is 0.472 e. The molecule has 0 spiro atoms. The summed E-state index contributed by atoms with van der Waals surface area (Å²) >= 11 is 0. The van der Waals surface area contributed by atoms with Crippen molar-refractivity contribution in [3.63, 3.8) is 0 Å². The van der Waals surface area contributed by atoms with E-state index in [1.54, 1.807) is 0 Å². The maximum atomic E-state index is 12.8. The van der Waals surface area contributed by atoms with Crippen LogP contribution >= 0.6 is 7.82 Å². The molecule has 0 heterocycles. The lowest BCUT2D eigenvalue weighted by molar-refractivity contribution is -0.161. The van der Waals surface area contributed by atoms with Crippen LogP contribution in [0.4, 0.5) is 0 Å². The van der Waals surface area contributed by atoms with Crippen LogP contribution in [0, 0.1) is 0 Å². The summed E-state index contributed by atoms with van der Waals surface area (Å²) in [7, 11) is -4.73. The quantitative estimate of drug-likeness (QED) is 0.0259. The highest BCUT2D eigenvalue weighted by molar-refractivity contribution is 7.47. The Hall–Kier alpha value is -1.52. The molecule has 0 radical (unpaired) electrons. The van der Waals surface area contributed by atoms with Gasteiger partial charge in [-0.2, -0.15) is 0 Å². The first kappa shape index (κ1) is 64.5. The van der Waals surface area contributed by atoms with Crippen molar-refractivity contribution in [3.05, 3.63) is 0 Å². The molecule has 0 aliphatic heterocycles. The van der Waals surface area contributed by atoms with Crippen molar-refractivity contribution in [1.29, 1.82) is 0 Å². The molecule has 0 aliphatic carbocycles. The number of phosphoric ester groups is 1. The van der Waals surface area contributed by atoms with Crippen LogP contribution < -0.4 is 0 Å². The number of rotatable bonds is 53. The van der Waals surface area contributed by atoms with Gasteiger partial charge in [-0.25, -0.2) is 4.57 Å². The smallest absolute Gasteiger partial charge is 0.462 e. The Labute approximate surface area is 405 Å². The topological polar surface area (TPSA) is 155 Å². The van der Waals surface area contributed by atoms with E-state index in [0.717, 1.165) is 57.8 Å². The molecule has 0 aromatic rings. The minimum atomic E-state index is -4.73. The third kappa shape index (κ3) is 47.5. The summed E-state index contributed by atoms with van der Waals surface area (Å²) in [6.45, 7) is 4.68. The highest BCUT2D eigenvalue weighted by Gasteiger charge is 2.28. The molecule has 0 aromatic carbocycles. The zero-order chi connectivity index (χ0) is 48.4. The van der Waals surface area contributed by atoms with E-state index >= 15 is 0 Å². The molecule has 0 aliphatic rings. The van der Waals surface area contributed by atoms with Crippen LogP contribution in [0.2, 0.25) is 0 Å². The summed E-state index contributed by atoms with van der Waals surface area (Å²) in [5.41, 5.74) is 0. The van der Waals surface area contributed by atoms with Crippen LogP contribution in [0.25, 0.3) is 0 Å². The van der Waals surface area contributed by atoms with Crippen LogP contribution in [0.15, 0.2) is 0 Å². The standard InChI is InChI=1S/C54H105O11P/c1-4-7-10-13-16-19-21-23-24-25-26-28-30-33-36-39-42-45-54(58)65-51(47-61-52(56)43-40-37-34-31-18-15-12-9-6-3)49-63-66(59,60)62-48-50(46-55)64-53(57)44-41-38-35-32-29-27-22-20-17-14-11-8-5-2/h50-51,55H,4-49H2,1-3H3,(H,59,60). The highest BCUT2D eigenvalue weighted by atomic mass is 31.2. The predicted octanol–water partition coefficient (Wildman–Crippen LogP) is 15.9. The van der Waals surface area contributed by atoms with Crippen molar-refractivity contribution in [1.82, 2.24) is 0 Å². The van der Waals surface area contributed by atoms with E-state index in [1.165, 1.54) is 173 Å². The third-order valence-electron chi connectivity index (χ3n) is 12.5. The molecule has 66 heavy (non-hydrogen) atoms. The van der Waals surface area contributed by atoms with Gasteiger partial charge in [-0.15, -0.1) is 0 Å². The van der Waals surface area contributed by atoms with Crippen molar-refractivity contribution in [3.8, 4) is 0 Å². The van der Waals surface area contributed by atoms with Gasteiger partial charge in [0.15, 0.2) is 6.10 Å². The Morgan fingerprint density at radius 3 is 0.894 bits per heavy atom. The molecule has 0 fully saturated rings. The molecular formula is C54H105O11P. The zero-order valence-corrected chi connectivity index (χ0v) is 44.1. The fourth-order valence-corrected chi connectivity index (χ4v) is 9.02. The minimum Gasteiger partial charge on any atom is -0.462 e. The Balaban J connectivity index is 4.60. The molecule has 11 nitrogen and oxygen atoms in total. The summed E-state index contributed by atoms with van der Waals surface area (Å²) in [5, 5.41) is 9.78. The van der Waals surface area contributed by atoms with E-state index in [2.05, 4.69) is 20.8 Å². The molecule has 0 saturated carbocycles. The van der Waals surface area contributed by atoms with Gasteiger partial charge in [-0.3, -0.25) is 23.4 Å². The first-order valence-corrected chi connectivity index (χ1v) is 29.4. The van der Waals surface area contributed by atoms with Crippen molar-refractivity contribution < 1.29 is 52.2 Å². The number of ether oxygens (including phenoxy) is 3. The maximum absolute atomic E-state index is 12.8. The van der Waals surface area contributed by atoms with E-state index in [4.69, 9.17) is 23.3 Å². The average Bonchev–Trinajstić information content (AvgIpc) is 3.30. The van der Waals surface area contributed by atoms with Gasteiger partial charge >= 0.3 is 25.7 Å². The van der Waals surface area contributed by atoms with Gasteiger partial charge in [0.2, 0.25) is 0 Å². The number of unbranched alkanes of at least 4 members (excludes halogenated alkanes) is 36. The van der Waals surface area contributed by atoms with E-state index in [1.807, 2.05) is 0 Å². The lowest BCUT2D eigenvalue weighted by Crippen LogP contribution is -2.30. The Kier molecular flexibility index (Phi) is 48.7. The number of esters is 3. The fourth-order valence-electron chi connectivity index (χ4n) is 8.24. The van der Waals surface area contributed by atoms with Gasteiger partial charge in [0.05, 0.1) is 19.8 Å². The number of aliphatic hydroxyl groups excluding tert-OH is 1. The molecule has 3 atom stereocenters. The van der Waals surface area contributed by atoms with Crippen molar-refractivity contribution in [2.45, 2.75) is 303 Å². The molecule has 12 heteroatoms. The van der Waals surface area contributed by atoms with Crippen LogP contribution in [0.1, 0.15) is 290 Å². The van der Waals surface area contributed by atoms with Gasteiger partial charge in [0.25, 0.3) is 0 Å². The molecule has 0 aromatic heterocycles. The van der Waals surface area contributed by atoms with Crippen molar-refractivity contribution in [2.24, 2.45) is 0 Å². The number of hydrogen-bond donors (Lipinski definition) is 2. The minimum absolute atomic E-state index is 0.178. The lowest BCUT2D eigenvalue weighted by atomic mass is 10.0. The van der Waals surface area contributed by atoms with E-state index in [9.17, 15) is 28.9 Å². The number of hydrogen-bond acceptors (Lipinski definition) is 10. The van der Waals surface area contributed by atoms with Crippen molar-refractivity contribution in [2.75, 3.05) is 26.4 Å². The predicted molar refractivity (Wildman–Crippen MR) is 270 cm³/mol. The molecular weight excluding hydrogens is 856 g/mol. The summed E-state index contributed by atoms with van der Waals surface area (Å²) in [6.07, 6.45) is 45.0. The zero-order valence-electron chi connectivity index (χ0n) is 43.2. The second-order valence-corrected chi connectivity index (χ2v) is 20.6. The first-order valence-electron chi connectivity index (χ1n) is 27.9. The Bertz CT molecular complexity index is 1120. The SMILES string of the molecule is CCCCCCCCCCCCCCCCCCCC(=O)OC(COC(=O)CCCCCCCCCCC)COP(=O)(O)OCC(CO)OC(=O)CCCCCCCCCCCCCCC. The second kappa shape index (κ2) is 49.9. The van der Waals surface area contributed by atoms with Crippen molar-refractivity contribution >= 4 is 25.7 Å². The van der Waals surface area contributed by atoms with Gasteiger partial charge in [-0.05, 0) is 19.3 Å². The monoisotopic (exact) mass is 961 g/mol. The van der Waals surface area contributed by atoms with E-state index in [0.29, 0.717) is 19.3 Å². The van der Waals surface area contributed by atoms with Gasteiger partial charge in [-0.1, -0.05) is 252 Å². The van der Waals surface area contributed by atoms with E-state index in [-0.39, 0.29) is 25.9 Å². The normalized spacial score (nSPS) is 13.3. The Morgan fingerprint density at radius 2 is 0.606 bits per heavy atom. The Morgan fingerprint density at radius 1 is 0.364 bits per heavy atom. The summed E-state index contributed by atoms with van der Waals surface area (Å²) in [5.74, 6) is -1.43. The summed E-state index contributed by atoms with van der Waals surface area (Å²) in [4.78, 5) is 48.3. The lowest BCUT2D eigenvalue weighted by Gasteiger charge is -2.21. The summed E-state index contributed by atoms with van der Waals surface area (Å²) in [6, 6.07) is 0. The van der Waals surface area contributed by atoms with Crippen LogP contribution in [-0.2, 0) is 42.2 Å². The molecule has 3 unspecified atom stereocenters. The van der Waals surface area contributed by atoms with Gasteiger partial charge in [0.1, 0.15) is 12.7 Å². The van der Waals surface area contributed by atoms with Crippen LogP contribution in [0.5, 0.6) is 0 Å². The number of phosphoric acid groups is 1.